The smallest absolute Gasteiger partial charge is 0.253 e. The van der Waals surface area contributed by atoms with Crippen LogP contribution in [0.25, 0.3) is 0 Å². The number of anilines is 1. The van der Waals surface area contributed by atoms with Gasteiger partial charge in [0, 0.05) is 43.6 Å². The number of ketones is 1. The summed E-state index contributed by atoms with van der Waals surface area (Å²) in [5.41, 5.74) is 7.60. The summed E-state index contributed by atoms with van der Waals surface area (Å²) in [4.78, 5) is 46.7. The van der Waals surface area contributed by atoms with Gasteiger partial charge in [-0.05, 0) is 70.9 Å². The Balaban J connectivity index is 1.53. The number of likely N-dealkylation sites (tertiary alicyclic amines) is 1. The molecule has 42 heavy (non-hydrogen) atoms. The van der Waals surface area contributed by atoms with Crippen LogP contribution in [-0.4, -0.2) is 50.7 Å². The van der Waals surface area contributed by atoms with E-state index in [2.05, 4.69) is 22.4 Å². The highest BCUT2D eigenvalue weighted by molar-refractivity contribution is 5.95. The fourth-order valence-electron chi connectivity index (χ4n) is 5.73. The average molecular weight is 572 g/mol. The Kier molecular flexibility index (Phi) is 9.99. The lowest BCUT2D eigenvalue weighted by Crippen LogP contribution is -2.48. The number of imidazole rings is 1. The average Bonchev–Trinajstić information content (AvgIpc) is 3.65. The largest absolute Gasteiger partial charge is 0.340 e. The van der Waals surface area contributed by atoms with Crippen molar-refractivity contribution in [3.05, 3.63) is 83.8 Å². The highest BCUT2D eigenvalue weighted by atomic mass is 16.2. The summed E-state index contributed by atoms with van der Waals surface area (Å²) in [7, 11) is 0. The zero-order valence-corrected chi connectivity index (χ0v) is 25.4. The fourth-order valence-corrected chi connectivity index (χ4v) is 5.73. The number of Topliss-reactive ketones (excluding diaryl/α,β-unsaturated/α-hetero) is 1. The molecule has 4 rings (SSSR count). The van der Waals surface area contributed by atoms with Gasteiger partial charge in [0.2, 0.25) is 5.91 Å². The van der Waals surface area contributed by atoms with Gasteiger partial charge in [-0.3, -0.25) is 14.4 Å². The first-order chi connectivity index (χ1) is 20.0. The van der Waals surface area contributed by atoms with Crippen LogP contribution in [-0.2, 0) is 26.3 Å². The Hall–Kier alpha value is -3.78. The summed E-state index contributed by atoms with van der Waals surface area (Å²) in [6, 6.07) is 18.1. The van der Waals surface area contributed by atoms with Crippen molar-refractivity contribution in [2.45, 2.75) is 83.7 Å². The lowest BCUT2D eigenvalue weighted by molar-refractivity contribution is -0.137. The molecule has 2 atom stereocenters. The maximum Gasteiger partial charge on any atom is 0.253 e. The first kappa shape index (κ1) is 31.2. The van der Waals surface area contributed by atoms with E-state index < -0.39 is 17.0 Å². The van der Waals surface area contributed by atoms with Gasteiger partial charge in [-0.1, -0.05) is 60.2 Å². The Morgan fingerprint density at radius 2 is 1.67 bits per heavy atom. The Morgan fingerprint density at radius 3 is 2.31 bits per heavy atom. The number of rotatable bonds is 13. The highest BCUT2D eigenvalue weighted by Gasteiger charge is 2.41. The van der Waals surface area contributed by atoms with Crippen LogP contribution in [0.5, 0.6) is 0 Å². The summed E-state index contributed by atoms with van der Waals surface area (Å²) >= 11 is 0. The molecule has 1 saturated heterocycles. The van der Waals surface area contributed by atoms with Crippen molar-refractivity contribution in [3.8, 4) is 0 Å². The second-order valence-electron chi connectivity index (χ2n) is 12.6. The van der Waals surface area contributed by atoms with E-state index in [4.69, 9.17) is 5.73 Å². The van der Waals surface area contributed by atoms with Crippen molar-refractivity contribution in [2.75, 3.05) is 18.4 Å². The number of amides is 2. The van der Waals surface area contributed by atoms with E-state index in [0.717, 1.165) is 49.9 Å². The molecule has 224 valence electrons. The van der Waals surface area contributed by atoms with Crippen molar-refractivity contribution >= 4 is 23.4 Å². The molecule has 8 heteroatoms. The molecule has 0 unspecified atom stereocenters. The monoisotopic (exact) mass is 571 g/mol. The topological polar surface area (TPSA) is 110 Å². The van der Waals surface area contributed by atoms with Crippen LogP contribution in [0.2, 0.25) is 0 Å². The maximum absolute atomic E-state index is 13.9. The number of nitrogens with zero attached hydrogens (tertiary/aromatic N) is 3. The van der Waals surface area contributed by atoms with Crippen molar-refractivity contribution in [3.63, 3.8) is 0 Å². The minimum absolute atomic E-state index is 0.00733. The highest BCUT2D eigenvalue weighted by Crippen LogP contribution is 2.31. The lowest BCUT2D eigenvalue weighted by atomic mass is 9.89. The number of benzene rings is 2. The van der Waals surface area contributed by atoms with Crippen molar-refractivity contribution in [2.24, 2.45) is 11.7 Å². The number of carbonyl (C=O) groups is 3. The normalized spacial score (nSPS) is 15.7. The zero-order valence-electron chi connectivity index (χ0n) is 25.4. The third-order valence-electron chi connectivity index (χ3n) is 8.13. The Bertz CT molecular complexity index is 1350. The van der Waals surface area contributed by atoms with Gasteiger partial charge in [-0.15, -0.1) is 0 Å². The molecule has 1 aliphatic heterocycles. The number of nitrogens with two attached hydrogens (primary N) is 1. The number of hydrogen-bond donors (Lipinski definition) is 2. The Morgan fingerprint density at radius 1 is 1.00 bits per heavy atom. The molecule has 2 amide bonds. The third-order valence-corrected chi connectivity index (χ3v) is 8.13. The summed E-state index contributed by atoms with van der Waals surface area (Å²) in [6.07, 6.45) is 7.79. The molecular formula is C34H45N5O3. The quantitative estimate of drug-likeness (QED) is 0.292. The van der Waals surface area contributed by atoms with Crippen LogP contribution in [0, 0.1) is 12.8 Å². The van der Waals surface area contributed by atoms with Crippen molar-refractivity contribution in [1.82, 2.24) is 14.5 Å². The minimum atomic E-state index is -1.02. The molecule has 0 aliphatic carbocycles. The third kappa shape index (κ3) is 7.94. The number of hydrogen-bond acceptors (Lipinski definition) is 5. The molecule has 1 aromatic heterocycles. The van der Waals surface area contributed by atoms with E-state index in [1.807, 2.05) is 75.1 Å². The summed E-state index contributed by atoms with van der Waals surface area (Å²) < 4.78 is 1.79. The van der Waals surface area contributed by atoms with Gasteiger partial charge in [0.1, 0.15) is 11.3 Å². The van der Waals surface area contributed by atoms with Gasteiger partial charge in [-0.25, -0.2) is 4.98 Å². The molecule has 0 spiro atoms. The maximum atomic E-state index is 13.9. The summed E-state index contributed by atoms with van der Waals surface area (Å²) in [6.45, 7) is 9.02. The molecule has 0 bridgehead atoms. The van der Waals surface area contributed by atoms with Crippen LogP contribution in [0.1, 0.15) is 76.0 Å². The summed E-state index contributed by atoms with van der Waals surface area (Å²) in [5, 5.41) is 2.94. The molecule has 3 aromatic rings. The van der Waals surface area contributed by atoms with Gasteiger partial charge >= 0.3 is 0 Å². The number of aromatic nitrogens is 2. The van der Waals surface area contributed by atoms with E-state index in [-0.39, 0.29) is 30.4 Å². The van der Waals surface area contributed by atoms with Crippen molar-refractivity contribution < 1.29 is 14.4 Å². The molecule has 1 aliphatic rings. The molecule has 2 aromatic carbocycles. The van der Waals surface area contributed by atoms with E-state index in [1.165, 1.54) is 5.56 Å². The minimum Gasteiger partial charge on any atom is -0.340 e. The molecule has 0 radical (unpaired) electrons. The van der Waals surface area contributed by atoms with Gasteiger partial charge in [0.15, 0.2) is 5.82 Å². The van der Waals surface area contributed by atoms with Crippen molar-refractivity contribution in [1.29, 1.82) is 0 Å². The van der Waals surface area contributed by atoms with E-state index >= 15 is 0 Å². The van der Waals surface area contributed by atoms with Crippen LogP contribution in [0.15, 0.2) is 67.1 Å². The first-order valence-electron chi connectivity index (χ1n) is 15.0. The second-order valence-corrected chi connectivity index (χ2v) is 12.6. The first-order valence-corrected chi connectivity index (χ1v) is 15.0. The lowest BCUT2D eigenvalue weighted by Gasteiger charge is -2.34. The summed E-state index contributed by atoms with van der Waals surface area (Å²) in [5.74, 6) is -0.431. The molecule has 8 nitrogen and oxygen atoms in total. The molecule has 2 heterocycles. The van der Waals surface area contributed by atoms with Crippen LogP contribution in [0.4, 0.5) is 5.82 Å². The van der Waals surface area contributed by atoms with Gasteiger partial charge in [0.05, 0.1) is 6.33 Å². The Labute approximate surface area is 249 Å². The molecule has 3 N–H and O–H groups in total. The zero-order chi connectivity index (χ0) is 30.3. The van der Waals surface area contributed by atoms with Crippen LogP contribution < -0.4 is 11.1 Å². The number of nitrogens with one attached hydrogen (secondary N) is 1. The fraction of sp³-hybridized carbons (Fsp3) is 0.471. The molecule has 1 fully saturated rings. The van der Waals surface area contributed by atoms with Gasteiger partial charge in [0.25, 0.3) is 5.91 Å². The standard InChI is InChI=1S/C34H45N5O3/c1-25-15-17-28(18-16-25)34(4,32(42)38-19-8-9-20-38)39-23-30(36-24-39)37-31(41)27(21-29(40)22-33(2,3)35)14-10-13-26-11-6-5-7-12-26/h5-7,11-12,15-18,23-24,27H,8-10,13-14,19-22,35H2,1-4H3,(H,37,41)/t27-,34-/m0/s1. The molecular weight excluding hydrogens is 526 g/mol. The predicted molar refractivity (Wildman–Crippen MR) is 166 cm³/mol. The van der Waals surface area contributed by atoms with E-state index in [0.29, 0.717) is 12.2 Å². The number of aryl methyl sites for hydroxylation is 2. The van der Waals surface area contributed by atoms with Crippen LogP contribution in [0.3, 0.4) is 0 Å². The van der Waals surface area contributed by atoms with Gasteiger partial charge in [-0.2, -0.15) is 0 Å². The SMILES string of the molecule is Cc1ccc([C@@](C)(C(=O)N2CCCC2)n2cnc(NC(=O)[C@@H](CCCc3ccccc3)CC(=O)CC(C)(C)N)c2)cc1. The van der Waals surface area contributed by atoms with E-state index in [9.17, 15) is 14.4 Å². The second kappa shape index (κ2) is 13.5. The van der Waals surface area contributed by atoms with Crippen LogP contribution >= 0.6 is 0 Å². The predicted octanol–water partition coefficient (Wildman–Crippen LogP) is 5.24. The van der Waals surface area contributed by atoms with E-state index in [1.54, 1.807) is 17.1 Å². The number of carbonyl (C=O) groups excluding carboxylic acids is 3. The van der Waals surface area contributed by atoms with Gasteiger partial charge < -0.3 is 20.5 Å². The molecule has 0 saturated carbocycles.